The molecule has 176 valence electrons. The number of hydrazine groups is 1. The van der Waals surface area contributed by atoms with Gasteiger partial charge in [-0.1, -0.05) is 31.2 Å². The molecule has 3 atom stereocenters. The predicted molar refractivity (Wildman–Crippen MR) is 118 cm³/mol. The minimum absolute atomic E-state index is 0.114. The number of benzene rings is 2. The maximum absolute atomic E-state index is 13.5. The van der Waals surface area contributed by atoms with Gasteiger partial charge in [-0.2, -0.15) is 5.01 Å². The highest BCUT2D eigenvalue weighted by atomic mass is 16.6. The van der Waals surface area contributed by atoms with Gasteiger partial charge in [-0.05, 0) is 31.2 Å². The van der Waals surface area contributed by atoms with Gasteiger partial charge in [0.1, 0.15) is 0 Å². The van der Waals surface area contributed by atoms with Crippen LogP contribution >= 0.6 is 0 Å². The number of rotatable bonds is 6. The van der Waals surface area contributed by atoms with Crippen LogP contribution in [-0.4, -0.2) is 37.6 Å². The van der Waals surface area contributed by atoms with E-state index in [4.69, 9.17) is 0 Å². The predicted octanol–water partition coefficient (Wildman–Crippen LogP) is 3.48. The lowest BCUT2D eigenvalue weighted by molar-refractivity contribution is -0.385. The Balaban J connectivity index is 1.77. The van der Waals surface area contributed by atoms with Gasteiger partial charge >= 0.3 is 0 Å². The smallest absolute Gasteiger partial charge is 0.272 e. The third-order valence-electron chi connectivity index (χ3n) is 6.45. The fraction of sp³-hybridized carbons (Fsp3) is 0.348. The monoisotopic (exact) mass is 466 g/mol. The van der Waals surface area contributed by atoms with E-state index < -0.39 is 45.9 Å². The van der Waals surface area contributed by atoms with Gasteiger partial charge in [0, 0.05) is 23.8 Å². The Morgan fingerprint density at radius 3 is 2.41 bits per heavy atom. The number of carbonyl (C=O) groups is 3. The molecule has 0 aromatic heterocycles. The van der Waals surface area contributed by atoms with Gasteiger partial charge in [0.25, 0.3) is 29.1 Å². The number of non-ortho nitro benzene ring substituents is 1. The second kappa shape index (κ2) is 9.00. The number of hydrogen-bond donors (Lipinski definition) is 0. The van der Waals surface area contributed by atoms with Gasteiger partial charge in [0.05, 0.1) is 33.8 Å². The van der Waals surface area contributed by atoms with Gasteiger partial charge < -0.3 is 0 Å². The van der Waals surface area contributed by atoms with Crippen LogP contribution < -0.4 is 0 Å². The summed E-state index contributed by atoms with van der Waals surface area (Å²) in [5.74, 6) is -2.78. The summed E-state index contributed by atoms with van der Waals surface area (Å²) < 4.78 is 0. The number of nitro groups is 2. The molecule has 1 heterocycles. The van der Waals surface area contributed by atoms with Gasteiger partial charge in [-0.3, -0.25) is 34.6 Å². The third-order valence-corrected chi connectivity index (χ3v) is 6.45. The Morgan fingerprint density at radius 2 is 1.71 bits per heavy atom. The second-order valence-corrected chi connectivity index (χ2v) is 8.68. The Kier molecular flexibility index (Phi) is 6.10. The van der Waals surface area contributed by atoms with E-state index in [1.807, 2.05) is 6.92 Å². The summed E-state index contributed by atoms with van der Waals surface area (Å²) in [5.41, 5.74) is -0.603. The Bertz CT molecular complexity index is 1200. The summed E-state index contributed by atoms with van der Waals surface area (Å²) in [6.07, 6.45) is 1.80. The van der Waals surface area contributed by atoms with Crippen molar-refractivity contribution in [2.24, 2.45) is 17.8 Å². The molecule has 1 aliphatic heterocycles. The van der Waals surface area contributed by atoms with Crippen LogP contribution in [0.1, 0.15) is 42.1 Å². The average molecular weight is 466 g/mol. The van der Waals surface area contributed by atoms with Gasteiger partial charge in [0.2, 0.25) is 0 Å². The molecule has 2 fully saturated rings. The number of hydrogen-bond acceptors (Lipinski definition) is 7. The average Bonchev–Trinajstić information content (AvgIpc) is 3.06. The van der Waals surface area contributed by atoms with Crippen LogP contribution in [0, 0.1) is 38.0 Å². The summed E-state index contributed by atoms with van der Waals surface area (Å²) in [5, 5.41) is 24.4. The summed E-state index contributed by atoms with van der Waals surface area (Å²) in [6, 6.07) is 10.6. The Morgan fingerprint density at radius 1 is 1.00 bits per heavy atom. The first-order chi connectivity index (χ1) is 16.2. The fourth-order valence-corrected chi connectivity index (χ4v) is 4.73. The number of imide groups is 1. The molecule has 3 amide bonds. The minimum Gasteiger partial charge on any atom is -0.272 e. The molecule has 0 bridgehead atoms. The van der Waals surface area contributed by atoms with Crippen LogP contribution in [0.4, 0.5) is 11.4 Å². The van der Waals surface area contributed by atoms with E-state index in [2.05, 4.69) is 0 Å². The summed E-state index contributed by atoms with van der Waals surface area (Å²) in [7, 11) is 0. The quantitative estimate of drug-likeness (QED) is 0.360. The van der Waals surface area contributed by atoms with Crippen LogP contribution in [-0.2, 0) is 16.1 Å². The fourth-order valence-electron chi connectivity index (χ4n) is 4.73. The zero-order valence-corrected chi connectivity index (χ0v) is 18.3. The molecule has 2 aromatic carbocycles. The highest BCUT2D eigenvalue weighted by molar-refractivity contribution is 6.07. The summed E-state index contributed by atoms with van der Waals surface area (Å²) >= 11 is 0. The molecular weight excluding hydrogens is 444 g/mol. The van der Waals surface area contributed by atoms with E-state index in [0.29, 0.717) is 12.8 Å². The van der Waals surface area contributed by atoms with Crippen LogP contribution in [0.2, 0.25) is 0 Å². The summed E-state index contributed by atoms with van der Waals surface area (Å²) in [6.45, 7) is 1.57. The SMILES string of the molecule is C[C@@H]1CC[C@H]2C(=O)N(N(Cc3ccccc3[N+](=O)[O-])C(=O)c3cccc([N+](=O)[O-])c3)C(=O)[C@H]2C1. The zero-order valence-electron chi connectivity index (χ0n) is 18.3. The number of amides is 3. The molecule has 4 rings (SSSR count). The molecule has 1 saturated carbocycles. The highest BCUT2D eigenvalue weighted by Crippen LogP contribution is 2.41. The van der Waals surface area contributed by atoms with Gasteiger partial charge in [-0.25, -0.2) is 5.01 Å². The molecule has 2 aromatic rings. The number of nitro benzene ring substituents is 2. The molecule has 0 spiro atoms. The molecule has 1 aliphatic carbocycles. The molecule has 0 unspecified atom stereocenters. The van der Waals surface area contributed by atoms with Crippen molar-refractivity contribution in [3.63, 3.8) is 0 Å². The van der Waals surface area contributed by atoms with E-state index >= 15 is 0 Å². The van der Waals surface area contributed by atoms with Crippen LogP contribution in [0.25, 0.3) is 0 Å². The molecule has 0 radical (unpaired) electrons. The van der Waals surface area contributed by atoms with Crippen molar-refractivity contribution in [2.75, 3.05) is 0 Å². The Labute approximate surface area is 194 Å². The standard InChI is InChI=1S/C23H22N4O7/c1-14-9-10-18-19(11-14)23(30)25(22(18)29)24(13-16-5-2-3-8-20(16)27(33)34)21(28)15-6-4-7-17(12-15)26(31)32/h2-8,12,14,18-19H,9-11,13H2,1H3/t14-,18-,19+/m1/s1. The second-order valence-electron chi connectivity index (χ2n) is 8.68. The Hall–Kier alpha value is -4.15. The lowest BCUT2D eigenvalue weighted by Crippen LogP contribution is -2.49. The molecule has 11 heteroatoms. The molecule has 2 aliphatic rings. The van der Waals surface area contributed by atoms with E-state index in [9.17, 15) is 34.6 Å². The largest absolute Gasteiger partial charge is 0.274 e. The normalized spacial score (nSPS) is 21.8. The summed E-state index contributed by atoms with van der Waals surface area (Å²) in [4.78, 5) is 61.6. The van der Waals surface area contributed by atoms with Crippen LogP contribution in [0.15, 0.2) is 48.5 Å². The maximum Gasteiger partial charge on any atom is 0.274 e. The lowest BCUT2D eigenvalue weighted by atomic mass is 9.76. The molecule has 0 N–H and O–H groups in total. The van der Waals surface area contributed by atoms with Crippen molar-refractivity contribution >= 4 is 29.1 Å². The number of carbonyl (C=O) groups excluding carboxylic acids is 3. The third kappa shape index (κ3) is 4.12. The molecular formula is C23H22N4O7. The minimum atomic E-state index is -0.838. The number of para-hydroxylation sites is 1. The zero-order chi connectivity index (χ0) is 24.6. The van der Waals surface area contributed by atoms with Crippen molar-refractivity contribution in [1.29, 1.82) is 0 Å². The van der Waals surface area contributed by atoms with E-state index in [1.54, 1.807) is 6.07 Å². The topological polar surface area (TPSA) is 144 Å². The first-order valence-electron chi connectivity index (χ1n) is 10.9. The molecule has 11 nitrogen and oxygen atoms in total. The first-order valence-corrected chi connectivity index (χ1v) is 10.9. The maximum atomic E-state index is 13.5. The first kappa shape index (κ1) is 23.0. The van der Waals surface area contributed by atoms with E-state index in [0.717, 1.165) is 22.5 Å². The van der Waals surface area contributed by atoms with Crippen molar-refractivity contribution in [3.8, 4) is 0 Å². The lowest BCUT2D eigenvalue weighted by Gasteiger charge is -2.30. The van der Waals surface area contributed by atoms with Crippen molar-refractivity contribution in [3.05, 3.63) is 79.9 Å². The van der Waals surface area contributed by atoms with Crippen LogP contribution in [0.5, 0.6) is 0 Å². The van der Waals surface area contributed by atoms with E-state index in [1.165, 1.54) is 36.4 Å². The number of nitrogens with zero attached hydrogens (tertiary/aromatic N) is 4. The van der Waals surface area contributed by atoms with Crippen LogP contribution in [0.3, 0.4) is 0 Å². The number of fused-ring (bicyclic) bond motifs is 1. The molecule has 1 saturated heterocycles. The van der Waals surface area contributed by atoms with Crippen molar-refractivity contribution in [1.82, 2.24) is 10.0 Å². The molecule has 34 heavy (non-hydrogen) atoms. The van der Waals surface area contributed by atoms with Crippen molar-refractivity contribution < 1.29 is 24.2 Å². The highest BCUT2D eigenvalue weighted by Gasteiger charge is 2.52. The van der Waals surface area contributed by atoms with Gasteiger partial charge in [0.15, 0.2) is 0 Å². The van der Waals surface area contributed by atoms with E-state index in [-0.39, 0.29) is 28.4 Å². The van der Waals surface area contributed by atoms with Gasteiger partial charge in [-0.15, -0.1) is 0 Å². The van der Waals surface area contributed by atoms with Crippen molar-refractivity contribution in [2.45, 2.75) is 32.7 Å².